The maximum atomic E-state index is 10.9. The zero-order chi connectivity index (χ0) is 10.6. The van der Waals surface area contributed by atoms with Crippen molar-refractivity contribution in [2.75, 3.05) is 41.3 Å². The van der Waals surface area contributed by atoms with Crippen LogP contribution in [0.1, 0.15) is 0 Å². The minimum atomic E-state index is -3.94. The van der Waals surface area contributed by atoms with Gasteiger partial charge in [-0.15, -0.1) is 0 Å². The molecule has 0 atom stereocenters. The molecular weight excluding hydrogens is 192 g/mol. The van der Waals surface area contributed by atoms with Crippen LogP contribution >= 0.6 is 0 Å². The van der Waals surface area contributed by atoms with E-state index in [4.69, 9.17) is 4.55 Å². The van der Waals surface area contributed by atoms with Crippen LogP contribution in [0.2, 0.25) is 0 Å². The van der Waals surface area contributed by atoms with E-state index in [-0.39, 0.29) is 0 Å². The Labute approximate surface area is 80.1 Å². The predicted molar refractivity (Wildman–Crippen MR) is 52.4 cm³/mol. The van der Waals surface area contributed by atoms with Crippen molar-refractivity contribution in [3.63, 3.8) is 0 Å². The molecule has 0 aromatic carbocycles. The highest BCUT2D eigenvalue weighted by Gasteiger charge is 2.23. The van der Waals surface area contributed by atoms with Gasteiger partial charge in [-0.3, -0.25) is 4.55 Å². The lowest BCUT2D eigenvalue weighted by Gasteiger charge is -2.21. The van der Waals surface area contributed by atoms with Crippen LogP contribution in [-0.4, -0.2) is 69.3 Å². The molecule has 0 aliphatic rings. The van der Waals surface area contributed by atoms with Crippen molar-refractivity contribution < 1.29 is 13.0 Å². The van der Waals surface area contributed by atoms with Crippen LogP contribution in [0.4, 0.5) is 0 Å². The Morgan fingerprint density at radius 3 is 1.54 bits per heavy atom. The summed E-state index contributed by atoms with van der Waals surface area (Å²) in [7, 11) is 3.15. The smallest absolute Gasteiger partial charge is 0.270 e. The van der Waals surface area contributed by atoms with Gasteiger partial charge in [0, 0.05) is 13.1 Å². The van der Waals surface area contributed by atoms with Gasteiger partial charge in [-0.2, -0.15) is 8.42 Å². The van der Waals surface area contributed by atoms with Crippen LogP contribution in [-0.2, 0) is 10.1 Å². The number of nitrogens with zero attached hydrogens (tertiary/aromatic N) is 2. The number of hydrogen-bond acceptors (Lipinski definition) is 4. The average Bonchev–Trinajstić information content (AvgIpc) is 1.81. The summed E-state index contributed by atoms with van der Waals surface area (Å²) in [6.07, 6.45) is 0. The quantitative estimate of drug-likeness (QED) is 0.612. The Kier molecular flexibility index (Phi) is 4.83. The molecule has 0 heterocycles. The van der Waals surface area contributed by atoms with Gasteiger partial charge in [0.25, 0.3) is 10.1 Å². The van der Waals surface area contributed by atoms with E-state index in [1.807, 2.05) is 0 Å². The number of rotatable bonds is 5. The lowest BCUT2D eigenvalue weighted by atomic mass is 10.4. The monoisotopic (exact) mass is 210 g/mol. The Bertz CT molecular complexity index is 226. The van der Waals surface area contributed by atoms with Gasteiger partial charge in [0.05, 0.1) is 0 Å². The molecule has 0 rings (SSSR count). The normalized spacial score (nSPS) is 13.2. The van der Waals surface area contributed by atoms with Crippen LogP contribution in [0.25, 0.3) is 0 Å². The Morgan fingerprint density at radius 2 is 1.38 bits per heavy atom. The molecule has 0 saturated carbocycles. The van der Waals surface area contributed by atoms with Gasteiger partial charge in [-0.25, -0.2) is 0 Å². The minimum Gasteiger partial charge on any atom is -0.308 e. The maximum Gasteiger partial charge on any atom is 0.270 e. The fourth-order valence-electron chi connectivity index (χ4n) is 1.06. The zero-order valence-corrected chi connectivity index (χ0v) is 9.37. The molecule has 0 fully saturated rings. The van der Waals surface area contributed by atoms with Crippen molar-refractivity contribution in [3.05, 3.63) is 0 Å². The molecule has 0 amide bonds. The SMILES string of the molecule is CN(C)CC(CN(C)C)S(=O)(=O)O. The molecule has 80 valence electrons. The molecule has 5 nitrogen and oxygen atoms in total. The molecule has 0 aliphatic heterocycles. The van der Waals surface area contributed by atoms with Gasteiger partial charge >= 0.3 is 0 Å². The van der Waals surface area contributed by atoms with E-state index < -0.39 is 15.4 Å². The van der Waals surface area contributed by atoms with Crippen LogP contribution in [0, 0.1) is 0 Å². The molecule has 6 heteroatoms. The molecule has 0 aliphatic carbocycles. The van der Waals surface area contributed by atoms with E-state index in [0.29, 0.717) is 13.1 Å². The first-order valence-corrected chi connectivity index (χ1v) is 5.49. The van der Waals surface area contributed by atoms with Gasteiger partial charge in [-0.05, 0) is 28.2 Å². The van der Waals surface area contributed by atoms with E-state index in [2.05, 4.69) is 0 Å². The minimum absolute atomic E-state index is 0.330. The third-order valence-electron chi connectivity index (χ3n) is 1.56. The summed E-state index contributed by atoms with van der Waals surface area (Å²) in [6.45, 7) is 0.661. The van der Waals surface area contributed by atoms with Crippen molar-refractivity contribution >= 4 is 10.1 Å². The standard InChI is InChI=1S/C7H18N2O3S/c1-8(2)5-7(6-9(3)4)13(10,11)12/h7H,5-6H2,1-4H3,(H,10,11,12). The maximum absolute atomic E-state index is 10.9. The molecule has 0 unspecified atom stereocenters. The first kappa shape index (κ1) is 12.8. The summed E-state index contributed by atoms with van der Waals surface area (Å²) in [5.74, 6) is 0. The molecule has 0 aromatic heterocycles. The summed E-state index contributed by atoms with van der Waals surface area (Å²) in [4.78, 5) is 3.48. The van der Waals surface area contributed by atoms with E-state index in [1.165, 1.54) is 0 Å². The van der Waals surface area contributed by atoms with Crippen LogP contribution in [0.5, 0.6) is 0 Å². The summed E-state index contributed by atoms with van der Waals surface area (Å²) in [6, 6.07) is 0. The molecule has 0 bridgehead atoms. The zero-order valence-electron chi connectivity index (χ0n) is 8.56. The second-order valence-corrected chi connectivity index (χ2v) is 5.36. The van der Waals surface area contributed by atoms with E-state index in [9.17, 15) is 8.42 Å². The van der Waals surface area contributed by atoms with E-state index >= 15 is 0 Å². The van der Waals surface area contributed by atoms with Crippen molar-refractivity contribution in [2.24, 2.45) is 0 Å². The lowest BCUT2D eigenvalue weighted by Crippen LogP contribution is -2.40. The van der Waals surface area contributed by atoms with Crippen LogP contribution in [0.3, 0.4) is 0 Å². The Morgan fingerprint density at radius 1 is 1.08 bits per heavy atom. The number of hydrogen-bond donors (Lipinski definition) is 1. The third kappa shape index (κ3) is 5.98. The molecular formula is C7H18N2O3S. The Balaban J connectivity index is 4.39. The second kappa shape index (κ2) is 4.90. The highest BCUT2D eigenvalue weighted by Crippen LogP contribution is 2.01. The van der Waals surface area contributed by atoms with Crippen molar-refractivity contribution in [3.8, 4) is 0 Å². The average molecular weight is 210 g/mol. The summed E-state index contributed by atoms with van der Waals surface area (Å²) in [5, 5.41) is -0.738. The Hall–Kier alpha value is -0.170. The summed E-state index contributed by atoms with van der Waals surface area (Å²) in [5.41, 5.74) is 0. The third-order valence-corrected chi connectivity index (χ3v) is 2.70. The van der Waals surface area contributed by atoms with Gasteiger partial charge in [0.15, 0.2) is 0 Å². The van der Waals surface area contributed by atoms with Gasteiger partial charge < -0.3 is 9.80 Å². The van der Waals surface area contributed by atoms with Crippen molar-refractivity contribution in [1.29, 1.82) is 0 Å². The fourth-order valence-corrected chi connectivity index (χ4v) is 2.03. The molecule has 0 aromatic rings. The molecule has 13 heavy (non-hydrogen) atoms. The summed E-state index contributed by atoms with van der Waals surface area (Å²) < 4.78 is 30.7. The largest absolute Gasteiger partial charge is 0.308 e. The topological polar surface area (TPSA) is 60.9 Å². The highest BCUT2D eigenvalue weighted by atomic mass is 32.2. The molecule has 0 spiro atoms. The summed E-state index contributed by atoms with van der Waals surface area (Å²) >= 11 is 0. The van der Waals surface area contributed by atoms with Crippen LogP contribution < -0.4 is 0 Å². The molecule has 0 radical (unpaired) electrons. The fraction of sp³-hybridized carbons (Fsp3) is 1.00. The van der Waals surface area contributed by atoms with Crippen LogP contribution in [0.15, 0.2) is 0 Å². The van der Waals surface area contributed by atoms with Crippen molar-refractivity contribution in [1.82, 2.24) is 9.80 Å². The van der Waals surface area contributed by atoms with Gasteiger partial charge in [0.2, 0.25) is 0 Å². The van der Waals surface area contributed by atoms with Gasteiger partial charge in [0.1, 0.15) is 5.25 Å². The molecule has 1 N–H and O–H groups in total. The first-order valence-electron chi connectivity index (χ1n) is 3.99. The predicted octanol–water partition coefficient (Wildman–Crippen LogP) is -0.634. The second-order valence-electron chi connectivity index (χ2n) is 3.66. The molecule has 0 saturated heterocycles. The highest BCUT2D eigenvalue weighted by molar-refractivity contribution is 7.86. The van der Waals surface area contributed by atoms with E-state index in [1.54, 1.807) is 38.0 Å². The van der Waals surface area contributed by atoms with E-state index in [0.717, 1.165) is 0 Å². The lowest BCUT2D eigenvalue weighted by molar-refractivity contribution is 0.327. The van der Waals surface area contributed by atoms with Gasteiger partial charge in [-0.1, -0.05) is 0 Å². The van der Waals surface area contributed by atoms with Crippen molar-refractivity contribution in [2.45, 2.75) is 5.25 Å². The first-order chi connectivity index (χ1) is 5.73.